The Bertz CT molecular complexity index is 1060. The van der Waals surface area contributed by atoms with Crippen LogP contribution in [0, 0.1) is 6.92 Å². The fraction of sp³-hybridized carbons (Fsp3) is 0.562. The molecule has 6 nitrogen and oxygen atoms in total. The van der Waals surface area contributed by atoms with Crippen LogP contribution in [-0.2, 0) is 11.2 Å². The summed E-state index contributed by atoms with van der Waals surface area (Å²) in [5.41, 5.74) is 4.32. The molecule has 0 unspecified atom stereocenters. The van der Waals surface area contributed by atoms with Crippen LogP contribution >= 0.6 is 0 Å². The minimum atomic E-state index is 0.0596. The number of hydrogen-bond donors (Lipinski definition) is 0. The van der Waals surface area contributed by atoms with E-state index in [1.54, 1.807) is 0 Å². The van der Waals surface area contributed by atoms with E-state index in [-0.39, 0.29) is 17.9 Å². The van der Waals surface area contributed by atoms with Gasteiger partial charge in [-0.2, -0.15) is 0 Å². The maximum absolute atomic E-state index is 13.2. The van der Waals surface area contributed by atoms with Gasteiger partial charge < -0.3 is 19.4 Å². The minimum absolute atomic E-state index is 0.0596. The van der Waals surface area contributed by atoms with E-state index in [2.05, 4.69) is 37.8 Å². The molecule has 2 amide bonds. The van der Waals surface area contributed by atoms with Crippen molar-refractivity contribution < 1.29 is 14.3 Å². The van der Waals surface area contributed by atoms with Crippen LogP contribution < -0.4 is 9.64 Å². The van der Waals surface area contributed by atoms with Crippen molar-refractivity contribution in [3.63, 3.8) is 0 Å². The van der Waals surface area contributed by atoms with Gasteiger partial charge in [-0.3, -0.25) is 9.59 Å². The molecule has 0 atom stereocenters. The van der Waals surface area contributed by atoms with Gasteiger partial charge in [-0.15, -0.1) is 0 Å². The maximum Gasteiger partial charge on any atom is 0.253 e. The van der Waals surface area contributed by atoms with Crippen LogP contribution in [0.3, 0.4) is 0 Å². The maximum atomic E-state index is 13.2. The smallest absolute Gasteiger partial charge is 0.253 e. The number of hydrogen-bond acceptors (Lipinski definition) is 4. The molecule has 0 N–H and O–H groups in total. The lowest BCUT2D eigenvalue weighted by molar-refractivity contribution is -0.119. The van der Waals surface area contributed by atoms with Gasteiger partial charge in [-0.1, -0.05) is 38.8 Å². The standard InChI is InChI=1S/C32H45N3O3/c1-4-33(5-2)21-8-6-7-9-24-38-28-15-13-26(14-16-28)32(37)34-22-19-27(20-23-34)35-30-12-10-11-25(3)29(30)17-18-31(35)36/h10-16,27H,4-9,17-24H2,1-3H3. The molecule has 2 aromatic rings. The number of carbonyl (C=O) groups excluding carboxylic acids is 2. The molecule has 1 fully saturated rings. The molecule has 38 heavy (non-hydrogen) atoms. The third-order valence-electron chi connectivity index (χ3n) is 8.25. The Morgan fingerprint density at radius 1 is 0.947 bits per heavy atom. The number of rotatable bonds is 12. The molecular weight excluding hydrogens is 474 g/mol. The summed E-state index contributed by atoms with van der Waals surface area (Å²) in [7, 11) is 0. The number of likely N-dealkylation sites (tertiary alicyclic amines) is 1. The number of benzene rings is 2. The average molecular weight is 520 g/mol. The first-order valence-electron chi connectivity index (χ1n) is 14.7. The number of nitrogens with zero attached hydrogens (tertiary/aromatic N) is 3. The van der Waals surface area contributed by atoms with E-state index in [1.165, 1.54) is 36.9 Å². The second kappa shape index (κ2) is 13.8. The zero-order valence-corrected chi connectivity index (χ0v) is 23.6. The first-order valence-corrected chi connectivity index (χ1v) is 14.7. The van der Waals surface area contributed by atoms with E-state index < -0.39 is 0 Å². The van der Waals surface area contributed by atoms with Crippen molar-refractivity contribution in [3.05, 3.63) is 59.2 Å². The summed E-state index contributed by atoms with van der Waals surface area (Å²) >= 11 is 0. The van der Waals surface area contributed by atoms with Gasteiger partial charge in [0.05, 0.1) is 6.61 Å². The van der Waals surface area contributed by atoms with Crippen molar-refractivity contribution in [2.24, 2.45) is 0 Å². The van der Waals surface area contributed by atoms with Crippen molar-refractivity contribution in [1.82, 2.24) is 9.80 Å². The van der Waals surface area contributed by atoms with E-state index in [0.717, 1.165) is 50.2 Å². The molecule has 0 radical (unpaired) electrons. The van der Waals surface area contributed by atoms with E-state index >= 15 is 0 Å². The van der Waals surface area contributed by atoms with Gasteiger partial charge in [0.15, 0.2) is 0 Å². The summed E-state index contributed by atoms with van der Waals surface area (Å²) in [5.74, 6) is 1.09. The highest BCUT2D eigenvalue weighted by Crippen LogP contribution is 2.34. The van der Waals surface area contributed by atoms with Crippen molar-refractivity contribution >= 4 is 17.5 Å². The van der Waals surface area contributed by atoms with Crippen molar-refractivity contribution in [2.75, 3.05) is 44.2 Å². The molecule has 0 aromatic heterocycles. The van der Waals surface area contributed by atoms with Gasteiger partial charge in [-0.05, 0) is 100 Å². The Labute approximate surface area is 228 Å². The quantitative estimate of drug-likeness (QED) is 0.330. The van der Waals surface area contributed by atoms with Crippen LogP contribution in [-0.4, -0.2) is 67.0 Å². The highest BCUT2D eigenvalue weighted by Gasteiger charge is 2.34. The Hall–Kier alpha value is -2.86. The van der Waals surface area contributed by atoms with Crippen LogP contribution in [0.2, 0.25) is 0 Å². The predicted molar refractivity (Wildman–Crippen MR) is 154 cm³/mol. The minimum Gasteiger partial charge on any atom is -0.494 e. The fourth-order valence-corrected chi connectivity index (χ4v) is 5.85. The van der Waals surface area contributed by atoms with Crippen LogP contribution in [0.25, 0.3) is 0 Å². The monoisotopic (exact) mass is 519 g/mol. The number of ether oxygens (including phenoxy) is 1. The summed E-state index contributed by atoms with van der Waals surface area (Å²) in [4.78, 5) is 32.4. The van der Waals surface area contributed by atoms with Gasteiger partial charge in [0.1, 0.15) is 5.75 Å². The van der Waals surface area contributed by atoms with Gasteiger partial charge in [-0.25, -0.2) is 0 Å². The second-order valence-electron chi connectivity index (χ2n) is 10.7. The topological polar surface area (TPSA) is 53.1 Å². The van der Waals surface area contributed by atoms with Crippen LogP contribution in [0.5, 0.6) is 5.75 Å². The molecule has 0 bridgehead atoms. The lowest BCUT2D eigenvalue weighted by Gasteiger charge is -2.41. The summed E-state index contributed by atoms with van der Waals surface area (Å²) in [5, 5.41) is 0. The molecule has 2 aliphatic heterocycles. The molecule has 1 saturated heterocycles. The third-order valence-corrected chi connectivity index (χ3v) is 8.25. The molecule has 2 aliphatic rings. The summed E-state index contributed by atoms with van der Waals surface area (Å²) < 4.78 is 5.91. The SMILES string of the molecule is CCN(CC)CCCCCCOc1ccc(C(=O)N2CCC(N3C(=O)CCc4c(C)cccc43)CC2)cc1. The molecule has 0 spiro atoms. The number of anilines is 1. The summed E-state index contributed by atoms with van der Waals surface area (Å²) in [6.45, 7) is 12.1. The van der Waals surface area contributed by atoms with Gasteiger partial charge >= 0.3 is 0 Å². The molecule has 0 saturated carbocycles. The Kier molecular flexibility index (Phi) is 10.2. The molecule has 6 heteroatoms. The Morgan fingerprint density at radius 3 is 2.37 bits per heavy atom. The Morgan fingerprint density at radius 2 is 1.66 bits per heavy atom. The van der Waals surface area contributed by atoms with Crippen LogP contribution in [0.1, 0.15) is 80.3 Å². The van der Waals surface area contributed by atoms with E-state index in [1.807, 2.05) is 40.1 Å². The molecule has 2 heterocycles. The van der Waals surface area contributed by atoms with Gasteiger partial charge in [0.25, 0.3) is 5.91 Å². The number of amides is 2. The average Bonchev–Trinajstić information content (AvgIpc) is 2.95. The molecular formula is C32H45N3O3. The van der Waals surface area contributed by atoms with E-state index in [0.29, 0.717) is 31.7 Å². The van der Waals surface area contributed by atoms with Crippen molar-refractivity contribution in [3.8, 4) is 5.75 Å². The van der Waals surface area contributed by atoms with Crippen LogP contribution in [0.15, 0.2) is 42.5 Å². The highest BCUT2D eigenvalue weighted by atomic mass is 16.5. The van der Waals surface area contributed by atoms with E-state index in [9.17, 15) is 9.59 Å². The number of carbonyl (C=O) groups is 2. The molecule has 2 aromatic carbocycles. The highest BCUT2D eigenvalue weighted by molar-refractivity contribution is 5.97. The lowest BCUT2D eigenvalue weighted by atomic mass is 9.93. The lowest BCUT2D eigenvalue weighted by Crippen LogP contribution is -2.50. The fourth-order valence-electron chi connectivity index (χ4n) is 5.85. The molecule has 0 aliphatic carbocycles. The number of fused-ring (bicyclic) bond motifs is 1. The Balaban J connectivity index is 1.21. The predicted octanol–water partition coefficient (Wildman–Crippen LogP) is 5.86. The zero-order valence-electron chi connectivity index (χ0n) is 23.6. The first kappa shape index (κ1) is 28.2. The van der Waals surface area contributed by atoms with Crippen LogP contribution in [0.4, 0.5) is 5.69 Å². The van der Waals surface area contributed by atoms with E-state index in [4.69, 9.17) is 4.74 Å². The second-order valence-corrected chi connectivity index (χ2v) is 10.7. The van der Waals surface area contributed by atoms with Crippen molar-refractivity contribution in [2.45, 2.75) is 78.2 Å². The summed E-state index contributed by atoms with van der Waals surface area (Å²) in [6.07, 6.45) is 7.73. The van der Waals surface area contributed by atoms with Crippen molar-refractivity contribution in [1.29, 1.82) is 0 Å². The summed E-state index contributed by atoms with van der Waals surface area (Å²) in [6, 6.07) is 14.0. The molecule has 206 valence electrons. The molecule has 4 rings (SSSR count). The van der Waals surface area contributed by atoms with Gasteiger partial charge in [0, 0.05) is 36.8 Å². The number of unbranched alkanes of at least 4 members (excludes halogenated alkanes) is 3. The largest absolute Gasteiger partial charge is 0.494 e. The first-order chi connectivity index (χ1) is 18.5. The zero-order chi connectivity index (χ0) is 26.9. The normalized spacial score (nSPS) is 16.2. The number of piperidine rings is 1. The van der Waals surface area contributed by atoms with Gasteiger partial charge in [0.2, 0.25) is 5.91 Å². The third kappa shape index (κ3) is 6.96. The number of aryl methyl sites for hydroxylation is 1.